The molecule has 2 heterocycles. The monoisotopic (exact) mass is 369 g/mol. The normalized spacial score (nSPS) is 12.3. The lowest BCUT2D eigenvalue weighted by atomic mass is 10.1. The number of fused-ring (bicyclic) bond motifs is 3. The molecule has 0 bridgehead atoms. The van der Waals surface area contributed by atoms with Crippen molar-refractivity contribution in [2.75, 3.05) is 14.1 Å². The summed E-state index contributed by atoms with van der Waals surface area (Å²) in [7, 11) is -1.13. The first-order valence-electron chi connectivity index (χ1n) is 6.67. The topological polar surface area (TPSA) is 123 Å². The van der Waals surface area contributed by atoms with Gasteiger partial charge in [0.2, 0.25) is 10.0 Å². The molecule has 3 aromatic rings. The number of aromatic amines is 2. The Morgan fingerprint density at radius 2 is 1.96 bits per heavy atom. The molecule has 0 aliphatic rings. The number of pyridine rings is 1. The SMILES string of the molecule is CN(C)S(=O)(=O)c1cc2c(cc1Cl)[nH]c(=O)c1[nH]cc(C(=O)O)c12. The second-order valence-corrected chi connectivity index (χ2v) is 7.85. The van der Waals surface area contributed by atoms with E-state index < -0.39 is 21.6 Å². The van der Waals surface area contributed by atoms with Gasteiger partial charge in [0.1, 0.15) is 10.4 Å². The number of aromatic carboxylic acids is 1. The molecular formula is C14H12ClN3O5S. The Labute approximate surface area is 140 Å². The van der Waals surface area contributed by atoms with Crippen LogP contribution in [0.1, 0.15) is 10.4 Å². The number of carboxylic acid groups (broad SMARTS) is 1. The zero-order chi connectivity index (χ0) is 17.8. The molecule has 0 aliphatic heterocycles. The van der Waals surface area contributed by atoms with Crippen molar-refractivity contribution in [2.24, 2.45) is 0 Å². The van der Waals surface area contributed by atoms with Crippen LogP contribution in [0.2, 0.25) is 5.02 Å². The number of nitrogens with zero attached hydrogens (tertiary/aromatic N) is 1. The highest BCUT2D eigenvalue weighted by atomic mass is 35.5. The molecule has 1 aromatic carbocycles. The number of carbonyl (C=O) groups is 1. The van der Waals surface area contributed by atoms with Gasteiger partial charge in [0, 0.05) is 31.1 Å². The zero-order valence-corrected chi connectivity index (χ0v) is 14.1. The number of hydrogen-bond acceptors (Lipinski definition) is 4. The lowest BCUT2D eigenvalue weighted by molar-refractivity contribution is 0.0699. The summed E-state index contributed by atoms with van der Waals surface area (Å²) in [5.41, 5.74) is -0.353. The molecule has 0 amide bonds. The predicted octanol–water partition coefficient (Wildman–Crippen LogP) is 1.61. The molecule has 0 radical (unpaired) electrons. The zero-order valence-electron chi connectivity index (χ0n) is 12.5. The molecule has 0 unspecified atom stereocenters. The van der Waals surface area contributed by atoms with Crippen molar-refractivity contribution >= 4 is 49.4 Å². The summed E-state index contributed by atoms with van der Waals surface area (Å²) in [6.07, 6.45) is 1.19. The molecule has 24 heavy (non-hydrogen) atoms. The highest BCUT2D eigenvalue weighted by molar-refractivity contribution is 7.89. The molecule has 10 heteroatoms. The smallest absolute Gasteiger partial charge is 0.337 e. The van der Waals surface area contributed by atoms with Crippen LogP contribution in [-0.2, 0) is 10.0 Å². The molecule has 3 N–H and O–H groups in total. The van der Waals surface area contributed by atoms with Gasteiger partial charge in [0.05, 0.1) is 16.1 Å². The molecule has 8 nitrogen and oxygen atoms in total. The molecule has 0 aliphatic carbocycles. The Morgan fingerprint density at radius 1 is 1.29 bits per heavy atom. The van der Waals surface area contributed by atoms with E-state index in [9.17, 15) is 23.1 Å². The minimum atomic E-state index is -3.84. The van der Waals surface area contributed by atoms with Crippen LogP contribution in [-0.4, -0.2) is 47.9 Å². The highest BCUT2D eigenvalue weighted by Crippen LogP contribution is 2.32. The Kier molecular flexibility index (Phi) is 3.67. The van der Waals surface area contributed by atoms with Crippen LogP contribution < -0.4 is 5.56 Å². The maximum atomic E-state index is 12.4. The number of nitrogens with one attached hydrogen (secondary N) is 2. The minimum Gasteiger partial charge on any atom is -0.478 e. The molecule has 0 saturated heterocycles. The van der Waals surface area contributed by atoms with Crippen molar-refractivity contribution in [2.45, 2.75) is 4.90 Å². The van der Waals surface area contributed by atoms with E-state index in [0.717, 1.165) is 4.31 Å². The molecule has 0 spiro atoms. The fraction of sp³-hybridized carbons (Fsp3) is 0.143. The van der Waals surface area contributed by atoms with Crippen LogP contribution in [0.15, 0.2) is 28.0 Å². The third kappa shape index (κ3) is 2.29. The van der Waals surface area contributed by atoms with E-state index in [0.29, 0.717) is 0 Å². The Bertz CT molecular complexity index is 1160. The summed E-state index contributed by atoms with van der Waals surface area (Å²) in [5, 5.41) is 9.64. The second-order valence-electron chi connectivity index (χ2n) is 5.33. The molecular weight excluding hydrogens is 358 g/mol. The van der Waals surface area contributed by atoms with Gasteiger partial charge >= 0.3 is 5.97 Å². The van der Waals surface area contributed by atoms with Crippen LogP contribution in [0, 0.1) is 0 Å². The van der Waals surface area contributed by atoms with Gasteiger partial charge in [-0.25, -0.2) is 17.5 Å². The standard InChI is InChI=1S/C14H12ClN3O5S/c1-18(2)24(22,23)10-3-6-9(4-8(10)15)17-13(19)12-11(6)7(5-16-12)14(20)21/h3-5,16H,1-2H3,(H,17,19)(H,20,21). The fourth-order valence-electron chi connectivity index (χ4n) is 2.49. The van der Waals surface area contributed by atoms with Crippen molar-refractivity contribution in [3.05, 3.63) is 39.3 Å². The largest absolute Gasteiger partial charge is 0.478 e. The summed E-state index contributed by atoms with van der Waals surface area (Å²) in [5.74, 6) is -1.24. The second kappa shape index (κ2) is 5.33. The van der Waals surface area contributed by atoms with Gasteiger partial charge in [-0.3, -0.25) is 4.79 Å². The van der Waals surface area contributed by atoms with Crippen LogP contribution in [0.25, 0.3) is 21.8 Å². The molecule has 126 valence electrons. The Balaban J connectivity index is 2.55. The summed E-state index contributed by atoms with van der Waals surface area (Å²) in [4.78, 5) is 28.5. The van der Waals surface area contributed by atoms with E-state index in [1.54, 1.807) is 0 Å². The van der Waals surface area contributed by atoms with Crippen molar-refractivity contribution < 1.29 is 18.3 Å². The number of benzene rings is 1. The maximum Gasteiger partial charge on any atom is 0.337 e. The van der Waals surface area contributed by atoms with Gasteiger partial charge in [-0.05, 0) is 12.1 Å². The number of aromatic nitrogens is 2. The third-order valence-electron chi connectivity index (χ3n) is 3.69. The van der Waals surface area contributed by atoms with E-state index in [1.807, 2.05) is 0 Å². The molecule has 0 fully saturated rings. The molecule has 0 saturated carbocycles. The third-order valence-corrected chi connectivity index (χ3v) is 5.97. The lowest BCUT2D eigenvalue weighted by Crippen LogP contribution is -2.22. The first-order chi connectivity index (χ1) is 11.1. The predicted molar refractivity (Wildman–Crippen MR) is 89.3 cm³/mol. The Morgan fingerprint density at radius 3 is 2.54 bits per heavy atom. The van der Waals surface area contributed by atoms with Gasteiger partial charge in [-0.15, -0.1) is 0 Å². The van der Waals surface area contributed by atoms with E-state index >= 15 is 0 Å². The lowest BCUT2D eigenvalue weighted by Gasteiger charge is -2.14. The van der Waals surface area contributed by atoms with Crippen molar-refractivity contribution in [1.82, 2.24) is 14.3 Å². The number of H-pyrrole nitrogens is 2. The number of carboxylic acids is 1. The quantitative estimate of drug-likeness (QED) is 0.647. The van der Waals surface area contributed by atoms with E-state index in [1.165, 1.54) is 32.4 Å². The van der Waals surface area contributed by atoms with Crippen molar-refractivity contribution in [1.29, 1.82) is 0 Å². The summed E-state index contributed by atoms with van der Waals surface area (Å²) < 4.78 is 25.8. The molecule has 3 rings (SSSR count). The van der Waals surface area contributed by atoms with Gasteiger partial charge < -0.3 is 15.1 Å². The Hall–Kier alpha value is -2.36. The van der Waals surface area contributed by atoms with Crippen molar-refractivity contribution in [3.63, 3.8) is 0 Å². The molecule has 2 aromatic heterocycles. The van der Waals surface area contributed by atoms with E-state index in [4.69, 9.17) is 11.6 Å². The van der Waals surface area contributed by atoms with Gasteiger partial charge in [-0.2, -0.15) is 0 Å². The summed E-state index contributed by atoms with van der Waals surface area (Å²) in [6, 6.07) is 2.57. The minimum absolute atomic E-state index is 0.0513. The van der Waals surface area contributed by atoms with Crippen molar-refractivity contribution in [3.8, 4) is 0 Å². The number of sulfonamides is 1. The number of hydrogen-bond donors (Lipinski definition) is 3. The van der Waals surface area contributed by atoms with Gasteiger partial charge in [0.15, 0.2) is 0 Å². The molecule has 0 atom stereocenters. The average Bonchev–Trinajstić information content (AvgIpc) is 2.92. The summed E-state index contributed by atoms with van der Waals surface area (Å²) in [6.45, 7) is 0. The van der Waals surface area contributed by atoms with E-state index in [2.05, 4.69) is 9.97 Å². The van der Waals surface area contributed by atoms with Crippen LogP contribution in [0.5, 0.6) is 0 Å². The summed E-state index contributed by atoms with van der Waals surface area (Å²) >= 11 is 6.06. The maximum absolute atomic E-state index is 12.4. The van der Waals surface area contributed by atoms with Gasteiger partial charge in [-0.1, -0.05) is 11.6 Å². The van der Waals surface area contributed by atoms with E-state index in [-0.39, 0.29) is 37.3 Å². The number of rotatable bonds is 3. The van der Waals surface area contributed by atoms with Crippen LogP contribution in [0.4, 0.5) is 0 Å². The average molecular weight is 370 g/mol. The fourth-order valence-corrected chi connectivity index (χ4v) is 3.92. The first kappa shape index (κ1) is 16.5. The highest BCUT2D eigenvalue weighted by Gasteiger charge is 2.24. The number of halogens is 1. The van der Waals surface area contributed by atoms with Crippen LogP contribution in [0.3, 0.4) is 0 Å². The van der Waals surface area contributed by atoms with Crippen LogP contribution >= 0.6 is 11.6 Å². The van der Waals surface area contributed by atoms with Gasteiger partial charge in [0.25, 0.3) is 5.56 Å². The first-order valence-corrected chi connectivity index (χ1v) is 8.49.